The summed E-state index contributed by atoms with van der Waals surface area (Å²) >= 11 is 5.76. The van der Waals surface area contributed by atoms with Gasteiger partial charge in [-0.2, -0.15) is 0 Å². The van der Waals surface area contributed by atoms with Gasteiger partial charge in [0.1, 0.15) is 12.4 Å². The molecule has 0 aliphatic rings. The molecule has 0 heterocycles. The Morgan fingerprint density at radius 1 is 1.50 bits per heavy atom. The van der Waals surface area contributed by atoms with Gasteiger partial charge < -0.3 is 9.84 Å². The summed E-state index contributed by atoms with van der Waals surface area (Å²) in [4.78, 5) is 0. The van der Waals surface area contributed by atoms with Gasteiger partial charge in [-0.1, -0.05) is 17.5 Å². The van der Waals surface area contributed by atoms with E-state index in [4.69, 9.17) is 21.4 Å². The van der Waals surface area contributed by atoms with Gasteiger partial charge in [0.05, 0.1) is 6.61 Å². The Bertz CT molecular complexity index is 363. The molecular formula is C11H11ClO2. The van der Waals surface area contributed by atoms with Crippen LogP contribution in [0, 0.1) is 11.8 Å². The van der Waals surface area contributed by atoms with Gasteiger partial charge in [-0.3, -0.25) is 0 Å². The van der Waals surface area contributed by atoms with Gasteiger partial charge in [-0.15, -0.1) is 5.92 Å². The van der Waals surface area contributed by atoms with E-state index in [0.29, 0.717) is 22.9 Å². The predicted octanol–water partition coefficient (Wildman–Crippen LogP) is 2.23. The number of hydrogen-bond donors (Lipinski definition) is 1. The van der Waals surface area contributed by atoms with Gasteiger partial charge in [-0.05, 0) is 25.1 Å². The molecule has 1 aromatic carbocycles. The molecule has 0 spiro atoms. The molecule has 1 N–H and O–H groups in total. The summed E-state index contributed by atoms with van der Waals surface area (Å²) in [5.74, 6) is 6.12. The molecule has 74 valence electrons. The quantitative estimate of drug-likeness (QED) is 0.776. The molecule has 0 bridgehead atoms. The van der Waals surface area contributed by atoms with Crippen LogP contribution >= 0.6 is 11.6 Å². The molecule has 2 nitrogen and oxygen atoms in total. The zero-order chi connectivity index (χ0) is 10.4. The van der Waals surface area contributed by atoms with Crippen LogP contribution in [0.25, 0.3) is 0 Å². The highest BCUT2D eigenvalue weighted by atomic mass is 35.5. The van der Waals surface area contributed by atoms with Crippen molar-refractivity contribution in [3.05, 3.63) is 28.8 Å². The van der Waals surface area contributed by atoms with Crippen LogP contribution in [0.3, 0.4) is 0 Å². The van der Waals surface area contributed by atoms with E-state index in [1.165, 1.54) is 0 Å². The van der Waals surface area contributed by atoms with Crippen LogP contribution in [0.5, 0.6) is 5.75 Å². The number of halogens is 1. The first-order chi connectivity index (χ1) is 6.77. The third-order valence-electron chi connectivity index (χ3n) is 1.67. The Morgan fingerprint density at radius 2 is 2.29 bits per heavy atom. The van der Waals surface area contributed by atoms with Crippen molar-refractivity contribution in [2.75, 3.05) is 6.61 Å². The van der Waals surface area contributed by atoms with Gasteiger partial charge in [0.2, 0.25) is 0 Å². The second-order valence-corrected chi connectivity index (χ2v) is 3.06. The average molecular weight is 211 g/mol. The summed E-state index contributed by atoms with van der Waals surface area (Å²) in [6.07, 6.45) is 0. The van der Waals surface area contributed by atoms with Gasteiger partial charge in [-0.25, -0.2) is 0 Å². The summed E-state index contributed by atoms with van der Waals surface area (Å²) in [5.41, 5.74) is 0.676. The Kier molecular flexibility index (Phi) is 4.31. The first-order valence-corrected chi connectivity index (χ1v) is 4.57. The molecule has 0 aromatic heterocycles. The minimum absolute atomic E-state index is 0.0879. The summed E-state index contributed by atoms with van der Waals surface area (Å²) < 4.78 is 5.33. The zero-order valence-corrected chi connectivity index (χ0v) is 8.64. The van der Waals surface area contributed by atoms with Crippen LogP contribution in [0.1, 0.15) is 12.5 Å². The van der Waals surface area contributed by atoms with Crippen molar-refractivity contribution < 1.29 is 9.84 Å². The number of aliphatic hydroxyl groups is 1. The normalized spacial score (nSPS) is 9.07. The molecule has 1 rings (SSSR count). The average Bonchev–Trinajstić information content (AvgIpc) is 2.20. The highest BCUT2D eigenvalue weighted by Gasteiger charge is 2.02. The Balaban J connectivity index is 2.78. The van der Waals surface area contributed by atoms with Crippen molar-refractivity contribution in [3.8, 4) is 17.6 Å². The maximum absolute atomic E-state index is 9.02. The van der Waals surface area contributed by atoms with Crippen molar-refractivity contribution >= 4 is 11.6 Å². The second-order valence-electron chi connectivity index (χ2n) is 2.63. The number of rotatable bonds is 3. The smallest absolute Gasteiger partial charge is 0.149 e. The van der Waals surface area contributed by atoms with Gasteiger partial charge in [0.15, 0.2) is 0 Å². The molecule has 0 saturated heterocycles. The summed E-state index contributed by atoms with van der Waals surface area (Å²) in [7, 11) is 0. The van der Waals surface area contributed by atoms with Crippen molar-refractivity contribution in [2.45, 2.75) is 13.5 Å². The molecule has 1 aromatic rings. The summed E-state index contributed by atoms with van der Waals surface area (Å²) in [6.45, 7) is 1.98. The summed E-state index contributed by atoms with van der Waals surface area (Å²) in [5, 5.41) is 9.61. The molecular weight excluding hydrogens is 200 g/mol. The van der Waals surface area contributed by atoms with E-state index < -0.39 is 0 Å². The summed E-state index contributed by atoms with van der Waals surface area (Å²) in [6, 6.07) is 5.12. The maximum atomic E-state index is 9.02. The fourth-order valence-corrected chi connectivity index (χ4v) is 1.19. The van der Waals surface area contributed by atoms with Gasteiger partial charge in [0.25, 0.3) is 0 Å². The minimum atomic E-state index is -0.0879. The van der Waals surface area contributed by atoms with E-state index in [9.17, 15) is 0 Å². The van der Waals surface area contributed by atoms with Gasteiger partial charge >= 0.3 is 0 Å². The lowest BCUT2D eigenvalue weighted by molar-refractivity contribution is 0.270. The predicted molar refractivity (Wildman–Crippen MR) is 56.3 cm³/mol. The van der Waals surface area contributed by atoms with Crippen molar-refractivity contribution in [3.63, 3.8) is 0 Å². The topological polar surface area (TPSA) is 29.5 Å². The van der Waals surface area contributed by atoms with Crippen LogP contribution in [-0.4, -0.2) is 11.7 Å². The van der Waals surface area contributed by atoms with E-state index in [1.807, 2.05) is 0 Å². The highest BCUT2D eigenvalue weighted by molar-refractivity contribution is 6.30. The zero-order valence-electron chi connectivity index (χ0n) is 7.88. The largest absolute Gasteiger partial charge is 0.481 e. The van der Waals surface area contributed by atoms with Crippen molar-refractivity contribution in [2.24, 2.45) is 0 Å². The van der Waals surface area contributed by atoms with E-state index in [2.05, 4.69) is 11.8 Å². The first kappa shape index (κ1) is 10.9. The maximum Gasteiger partial charge on any atom is 0.149 e. The Hall–Kier alpha value is -1.17. The molecule has 0 radical (unpaired) electrons. The van der Waals surface area contributed by atoms with Crippen LogP contribution in [0.15, 0.2) is 18.2 Å². The minimum Gasteiger partial charge on any atom is -0.481 e. The second kappa shape index (κ2) is 5.54. The highest BCUT2D eigenvalue weighted by Crippen LogP contribution is 2.22. The molecule has 14 heavy (non-hydrogen) atoms. The molecule has 0 amide bonds. The molecule has 3 heteroatoms. The number of benzene rings is 1. The third kappa shape index (κ3) is 2.95. The fraction of sp³-hybridized carbons (Fsp3) is 0.273. The van der Waals surface area contributed by atoms with E-state index >= 15 is 0 Å². The lowest BCUT2D eigenvalue weighted by Gasteiger charge is -2.07. The van der Waals surface area contributed by atoms with Crippen LogP contribution < -0.4 is 4.74 Å². The third-order valence-corrected chi connectivity index (χ3v) is 1.90. The standard InChI is InChI=1S/C11H11ClO2/c1-2-3-6-14-11-5-4-10(12)7-9(11)8-13/h4-5,7,13H,6,8H2,1H3. The van der Waals surface area contributed by atoms with E-state index in [-0.39, 0.29) is 6.61 Å². The van der Waals surface area contributed by atoms with E-state index in [1.54, 1.807) is 25.1 Å². The molecule has 0 atom stereocenters. The molecule has 0 aliphatic heterocycles. The van der Waals surface area contributed by atoms with Crippen LogP contribution in [0.4, 0.5) is 0 Å². The lowest BCUT2D eigenvalue weighted by Crippen LogP contribution is -1.97. The number of hydrogen-bond acceptors (Lipinski definition) is 2. The van der Waals surface area contributed by atoms with Crippen LogP contribution in [0.2, 0.25) is 5.02 Å². The number of aliphatic hydroxyl groups excluding tert-OH is 1. The SMILES string of the molecule is CC#CCOc1ccc(Cl)cc1CO. The molecule has 0 aliphatic carbocycles. The van der Waals surface area contributed by atoms with Crippen molar-refractivity contribution in [1.82, 2.24) is 0 Å². The molecule has 0 unspecified atom stereocenters. The number of ether oxygens (including phenoxy) is 1. The van der Waals surface area contributed by atoms with Gasteiger partial charge in [0, 0.05) is 10.6 Å². The first-order valence-electron chi connectivity index (χ1n) is 4.19. The molecule has 0 saturated carbocycles. The Labute approximate surface area is 88.5 Å². The lowest BCUT2D eigenvalue weighted by atomic mass is 10.2. The Morgan fingerprint density at radius 3 is 2.93 bits per heavy atom. The monoisotopic (exact) mass is 210 g/mol. The van der Waals surface area contributed by atoms with Crippen molar-refractivity contribution in [1.29, 1.82) is 0 Å². The molecule has 0 fully saturated rings. The van der Waals surface area contributed by atoms with E-state index in [0.717, 1.165) is 0 Å². The fourth-order valence-electron chi connectivity index (χ4n) is 0.998. The van der Waals surface area contributed by atoms with Crippen LogP contribution in [-0.2, 0) is 6.61 Å².